The fourth-order valence-electron chi connectivity index (χ4n) is 8.56. The van der Waals surface area contributed by atoms with E-state index >= 15 is 0 Å². The Labute approximate surface area is 211 Å². The van der Waals surface area contributed by atoms with Crippen molar-refractivity contribution in [3.05, 3.63) is 29.8 Å². The van der Waals surface area contributed by atoms with Crippen LogP contribution in [0.3, 0.4) is 0 Å². The second-order valence-corrected chi connectivity index (χ2v) is 11.6. The molecular formula is C29H44N2O4. The highest BCUT2D eigenvalue weighted by molar-refractivity contribution is 5.75. The Kier molecular flexibility index (Phi) is 7.43. The van der Waals surface area contributed by atoms with Gasteiger partial charge in [0.1, 0.15) is 5.75 Å². The molecule has 6 nitrogen and oxygen atoms in total. The van der Waals surface area contributed by atoms with Crippen LogP contribution in [0.2, 0.25) is 0 Å². The third-order valence-corrected chi connectivity index (χ3v) is 10.1. The molecule has 2 saturated heterocycles. The largest absolute Gasteiger partial charge is 0.497 e. The molecule has 5 rings (SSSR count). The van der Waals surface area contributed by atoms with Crippen molar-refractivity contribution in [1.29, 1.82) is 0 Å². The summed E-state index contributed by atoms with van der Waals surface area (Å²) in [6.07, 6.45) is 7.93. The van der Waals surface area contributed by atoms with E-state index in [2.05, 4.69) is 28.0 Å². The minimum atomic E-state index is 0.193. The van der Waals surface area contributed by atoms with Gasteiger partial charge in [-0.3, -0.25) is 9.69 Å². The van der Waals surface area contributed by atoms with Crippen molar-refractivity contribution in [2.75, 3.05) is 40.5 Å². The Morgan fingerprint density at radius 3 is 2.63 bits per heavy atom. The summed E-state index contributed by atoms with van der Waals surface area (Å²) in [6.45, 7) is 5.80. The number of nitrogens with zero attached hydrogens (tertiary/aromatic N) is 2. The lowest BCUT2D eigenvalue weighted by Crippen LogP contribution is -2.62. The van der Waals surface area contributed by atoms with Crippen LogP contribution in [0.5, 0.6) is 5.75 Å². The van der Waals surface area contributed by atoms with Gasteiger partial charge in [0.2, 0.25) is 5.91 Å². The molecule has 6 atom stereocenters. The molecule has 4 fully saturated rings. The van der Waals surface area contributed by atoms with Crippen LogP contribution in [0.25, 0.3) is 0 Å². The number of piperidine rings is 2. The van der Waals surface area contributed by atoms with Gasteiger partial charge < -0.3 is 19.5 Å². The van der Waals surface area contributed by atoms with Gasteiger partial charge in [0, 0.05) is 45.8 Å². The number of amides is 1. The summed E-state index contributed by atoms with van der Waals surface area (Å²) in [5.74, 6) is 3.76. The molecule has 0 bridgehead atoms. The van der Waals surface area contributed by atoms with Gasteiger partial charge in [0.25, 0.3) is 0 Å². The van der Waals surface area contributed by atoms with Crippen molar-refractivity contribution in [2.24, 2.45) is 29.1 Å². The molecule has 1 N–H and O–H groups in total. The van der Waals surface area contributed by atoms with Gasteiger partial charge in [0.05, 0.1) is 19.8 Å². The lowest BCUT2D eigenvalue weighted by molar-refractivity contribution is -0.140. The van der Waals surface area contributed by atoms with Crippen molar-refractivity contribution in [2.45, 2.75) is 70.6 Å². The van der Waals surface area contributed by atoms with E-state index in [-0.39, 0.29) is 18.1 Å². The molecule has 6 heteroatoms. The first-order valence-electron chi connectivity index (χ1n) is 13.8. The van der Waals surface area contributed by atoms with Gasteiger partial charge in [-0.1, -0.05) is 19.1 Å². The molecule has 5 unspecified atom stereocenters. The van der Waals surface area contributed by atoms with Crippen LogP contribution in [0.15, 0.2) is 24.3 Å². The second kappa shape index (κ2) is 10.4. The molecule has 35 heavy (non-hydrogen) atoms. The van der Waals surface area contributed by atoms with Crippen LogP contribution < -0.4 is 4.74 Å². The first-order chi connectivity index (χ1) is 17.0. The molecule has 194 valence electrons. The summed E-state index contributed by atoms with van der Waals surface area (Å²) in [5.41, 5.74) is 1.46. The third-order valence-electron chi connectivity index (χ3n) is 10.1. The number of aliphatic hydroxyl groups excluding tert-OH is 1. The van der Waals surface area contributed by atoms with E-state index in [0.717, 1.165) is 57.1 Å². The van der Waals surface area contributed by atoms with Gasteiger partial charge >= 0.3 is 0 Å². The SMILES string of the molecule is CCC(=O)N1CCC2(CC1)CN(Cc1cccc(OC)c1)[C@@H](CO)C1CC3CC(OC)CCC3C12. The van der Waals surface area contributed by atoms with Crippen LogP contribution >= 0.6 is 0 Å². The van der Waals surface area contributed by atoms with E-state index in [1.807, 2.05) is 20.1 Å². The minimum absolute atomic E-state index is 0.193. The van der Waals surface area contributed by atoms with Crippen molar-refractivity contribution < 1.29 is 19.4 Å². The minimum Gasteiger partial charge on any atom is -0.497 e. The van der Waals surface area contributed by atoms with E-state index < -0.39 is 0 Å². The van der Waals surface area contributed by atoms with E-state index in [1.54, 1.807) is 7.11 Å². The molecule has 0 aromatic heterocycles. The molecule has 1 amide bonds. The first-order valence-corrected chi connectivity index (χ1v) is 13.8. The number of ether oxygens (including phenoxy) is 2. The lowest BCUT2D eigenvalue weighted by atomic mass is 9.57. The number of aliphatic hydroxyl groups is 1. The van der Waals surface area contributed by atoms with E-state index in [9.17, 15) is 9.90 Å². The molecule has 1 spiro atoms. The zero-order valence-corrected chi connectivity index (χ0v) is 21.8. The van der Waals surface area contributed by atoms with E-state index in [1.165, 1.54) is 24.8 Å². The molecule has 2 aliphatic heterocycles. The quantitative estimate of drug-likeness (QED) is 0.662. The highest BCUT2D eigenvalue weighted by Crippen LogP contribution is 2.62. The Hall–Kier alpha value is -1.63. The molecule has 0 radical (unpaired) electrons. The summed E-state index contributed by atoms with van der Waals surface area (Å²) in [6, 6.07) is 8.56. The number of fused-ring (bicyclic) bond motifs is 4. The first kappa shape index (κ1) is 25.0. The molecule has 2 aliphatic carbocycles. The van der Waals surface area contributed by atoms with Gasteiger partial charge in [-0.2, -0.15) is 0 Å². The monoisotopic (exact) mass is 484 g/mol. The predicted octanol–water partition coefficient (Wildman–Crippen LogP) is 3.96. The summed E-state index contributed by atoms with van der Waals surface area (Å²) in [4.78, 5) is 17.2. The van der Waals surface area contributed by atoms with Gasteiger partial charge in [0.15, 0.2) is 0 Å². The van der Waals surface area contributed by atoms with Gasteiger partial charge in [-0.05, 0) is 85.3 Å². The number of carbonyl (C=O) groups excluding carboxylic acids is 1. The average molecular weight is 485 g/mol. The van der Waals surface area contributed by atoms with E-state index in [0.29, 0.717) is 36.2 Å². The number of methoxy groups -OCH3 is 2. The highest BCUT2D eigenvalue weighted by atomic mass is 16.5. The van der Waals surface area contributed by atoms with Crippen LogP contribution in [0.1, 0.15) is 57.4 Å². The summed E-state index contributed by atoms with van der Waals surface area (Å²) < 4.78 is 11.3. The number of rotatable bonds is 6. The van der Waals surface area contributed by atoms with Crippen LogP contribution in [-0.2, 0) is 16.1 Å². The topological polar surface area (TPSA) is 62.2 Å². The maximum absolute atomic E-state index is 12.5. The highest BCUT2D eigenvalue weighted by Gasteiger charge is 2.60. The molecule has 4 aliphatic rings. The number of benzene rings is 1. The van der Waals surface area contributed by atoms with Gasteiger partial charge in [-0.15, -0.1) is 0 Å². The smallest absolute Gasteiger partial charge is 0.222 e. The fraction of sp³-hybridized carbons (Fsp3) is 0.759. The van der Waals surface area contributed by atoms with Gasteiger partial charge in [-0.25, -0.2) is 0 Å². The Morgan fingerprint density at radius 2 is 1.94 bits per heavy atom. The standard InChI is InChI=1S/C29H44N2O4/c1-4-27(33)30-12-10-29(11-13-30)19-31(17-20-6-5-7-22(14-20)34-2)26(18-32)25-16-21-15-23(35-3)8-9-24(21)28(25)29/h5-7,14,21,23-26,28,32H,4,8-13,15-19H2,1-3H3/t21?,23?,24?,25?,26-,28?/m0/s1. The summed E-state index contributed by atoms with van der Waals surface area (Å²) in [7, 11) is 3.58. The molecule has 2 heterocycles. The molecule has 2 saturated carbocycles. The number of likely N-dealkylation sites (tertiary alicyclic amines) is 2. The van der Waals surface area contributed by atoms with Crippen LogP contribution in [0, 0.1) is 29.1 Å². The Bertz CT molecular complexity index is 883. The maximum Gasteiger partial charge on any atom is 0.222 e. The molecule has 1 aromatic carbocycles. The predicted molar refractivity (Wildman–Crippen MR) is 136 cm³/mol. The normalized spacial score (nSPS) is 34.5. The second-order valence-electron chi connectivity index (χ2n) is 11.6. The number of carbonyl (C=O) groups is 1. The maximum atomic E-state index is 12.5. The van der Waals surface area contributed by atoms with E-state index in [4.69, 9.17) is 9.47 Å². The van der Waals surface area contributed by atoms with Crippen LogP contribution in [-0.4, -0.2) is 73.4 Å². The lowest BCUT2D eigenvalue weighted by Gasteiger charge is -2.58. The summed E-state index contributed by atoms with van der Waals surface area (Å²) >= 11 is 0. The zero-order chi connectivity index (χ0) is 24.6. The van der Waals surface area contributed by atoms with Crippen molar-refractivity contribution in [3.8, 4) is 5.75 Å². The van der Waals surface area contributed by atoms with Crippen molar-refractivity contribution in [1.82, 2.24) is 9.80 Å². The third kappa shape index (κ3) is 4.62. The zero-order valence-electron chi connectivity index (χ0n) is 21.8. The molecular weight excluding hydrogens is 440 g/mol. The van der Waals surface area contributed by atoms with Crippen LogP contribution in [0.4, 0.5) is 0 Å². The number of hydrogen-bond donors (Lipinski definition) is 1. The Morgan fingerprint density at radius 1 is 1.14 bits per heavy atom. The number of hydrogen-bond acceptors (Lipinski definition) is 5. The molecule has 1 aromatic rings. The van der Waals surface area contributed by atoms with Crippen molar-refractivity contribution in [3.63, 3.8) is 0 Å². The Balaban J connectivity index is 1.45. The average Bonchev–Trinajstić information content (AvgIpc) is 3.28. The van der Waals surface area contributed by atoms with Crippen molar-refractivity contribution >= 4 is 5.91 Å². The fourth-order valence-corrected chi connectivity index (χ4v) is 8.56. The summed E-state index contributed by atoms with van der Waals surface area (Å²) in [5, 5.41) is 10.7.